The monoisotopic (exact) mass is 229 g/mol. The van der Waals surface area contributed by atoms with Crippen molar-refractivity contribution in [2.24, 2.45) is 23.7 Å². The summed E-state index contributed by atoms with van der Waals surface area (Å²) in [6, 6.07) is 0.905. The van der Waals surface area contributed by atoms with E-state index in [4.69, 9.17) is 0 Å². The Hall–Kier alpha value is 0.250. The van der Waals surface area contributed by atoms with Crippen molar-refractivity contribution in [1.29, 1.82) is 0 Å². The molecule has 0 saturated heterocycles. The lowest BCUT2D eigenvalue weighted by atomic mass is 9.54. The summed E-state index contributed by atoms with van der Waals surface area (Å²) in [5, 5.41) is 3.81. The molecule has 4 rings (SSSR count). The van der Waals surface area contributed by atoms with Crippen LogP contribution in [0.4, 0.5) is 0 Å². The Labute approximate surface area is 99.8 Å². The van der Waals surface area contributed by atoms with Crippen molar-refractivity contribution in [1.82, 2.24) is 5.32 Å². The molecule has 0 radical (unpaired) electrons. The van der Waals surface area contributed by atoms with E-state index in [-0.39, 0.29) is 12.4 Å². The van der Waals surface area contributed by atoms with Crippen LogP contribution in [0.25, 0.3) is 0 Å². The van der Waals surface area contributed by atoms with Crippen LogP contribution >= 0.6 is 12.4 Å². The second-order valence-corrected chi connectivity index (χ2v) is 5.91. The van der Waals surface area contributed by atoms with E-state index in [0.29, 0.717) is 0 Å². The van der Waals surface area contributed by atoms with Gasteiger partial charge in [-0.15, -0.1) is 12.4 Å². The Morgan fingerprint density at radius 2 is 1.47 bits per heavy atom. The highest BCUT2D eigenvalue weighted by Crippen LogP contribution is 2.53. The van der Waals surface area contributed by atoms with E-state index in [9.17, 15) is 0 Å². The van der Waals surface area contributed by atoms with Crippen LogP contribution in [0.2, 0.25) is 0 Å². The van der Waals surface area contributed by atoms with Crippen molar-refractivity contribution in [3.8, 4) is 0 Å². The molecule has 4 aliphatic rings. The first-order valence-corrected chi connectivity index (χ1v) is 6.60. The molecule has 1 N–H and O–H groups in total. The third-order valence-corrected chi connectivity index (χ3v) is 4.86. The van der Waals surface area contributed by atoms with E-state index in [1.165, 1.54) is 13.0 Å². The van der Waals surface area contributed by atoms with Crippen molar-refractivity contribution in [2.75, 3.05) is 6.54 Å². The van der Waals surface area contributed by atoms with Gasteiger partial charge in [-0.1, -0.05) is 6.92 Å². The van der Waals surface area contributed by atoms with Gasteiger partial charge in [0, 0.05) is 6.04 Å². The molecule has 88 valence electrons. The van der Waals surface area contributed by atoms with Gasteiger partial charge in [0.15, 0.2) is 0 Å². The second-order valence-electron chi connectivity index (χ2n) is 5.91. The first kappa shape index (κ1) is 11.7. The van der Waals surface area contributed by atoms with Gasteiger partial charge in [0.1, 0.15) is 0 Å². The minimum atomic E-state index is 0. The first-order valence-electron chi connectivity index (χ1n) is 6.60. The van der Waals surface area contributed by atoms with E-state index in [1.807, 2.05) is 0 Å². The van der Waals surface area contributed by atoms with Crippen LogP contribution in [-0.4, -0.2) is 12.6 Å². The number of halogens is 1. The molecule has 15 heavy (non-hydrogen) atoms. The normalized spacial score (nSPS) is 46.6. The SMILES string of the molecule is CCCNC1C2CC3CC(C2)CC1C3.Cl. The van der Waals surface area contributed by atoms with Gasteiger partial charge < -0.3 is 5.32 Å². The maximum atomic E-state index is 3.81. The zero-order chi connectivity index (χ0) is 9.54. The third kappa shape index (κ3) is 2.06. The standard InChI is InChI=1S/C13H23N.ClH/c1-2-3-14-13-11-5-9-4-10(7-11)8-12(13)6-9;/h9-14H,2-8H2,1H3;1H. The molecule has 0 amide bonds. The Morgan fingerprint density at radius 3 is 1.93 bits per heavy atom. The third-order valence-electron chi connectivity index (χ3n) is 4.86. The maximum Gasteiger partial charge on any atom is 0.0124 e. The summed E-state index contributed by atoms with van der Waals surface area (Å²) in [7, 11) is 0. The molecule has 4 aliphatic carbocycles. The molecule has 4 saturated carbocycles. The van der Waals surface area contributed by atoms with Crippen LogP contribution in [0.15, 0.2) is 0 Å². The van der Waals surface area contributed by atoms with Crippen LogP contribution in [0.3, 0.4) is 0 Å². The molecule has 0 spiro atoms. The van der Waals surface area contributed by atoms with E-state index in [2.05, 4.69) is 12.2 Å². The quantitative estimate of drug-likeness (QED) is 0.784. The predicted octanol–water partition coefficient (Wildman–Crippen LogP) is 3.23. The minimum absolute atomic E-state index is 0. The Morgan fingerprint density at radius 1 is 0.933 bits per heavy atom. The summed E-state index contributed by atoms with van der Waals surface area (Å²) in [5.41, 5.74) is 0. The highest BCUT2D eigenvalue weighted by molar-refractivity contribution is 5.85. The highest BCUT2D eigenvalue weighted by Gasteiger charge is 2.47. The molecule has 4 bridgehead atoms. The number of nitrogens with one attached hydrogen (secondary N) is 1. The largest absolute Gasteiger partial charge is 0.313 e. The van der Waals surface area contributed by atoms with E-state index < -0.39 is 0 Å². The molecular formula is C13H24ClN. The van der Waals surface area contributed by atoms with Crippen LogP contribution in [0, 0.1) is 23.7 Å². The van der Waals surface area contributed by atoms with Gasteiger partial charge in [0.2, 0.25) is 0 Å². The molecule has 0 aromatic carbocycles. The van der Waals surface area contributed by atoms with Gasteiger partial charge in [-0.3, -0.25) is 0 Å². The predicted molar refractivity (Wildman–Crippen MR) is 66.4 cm³/mol. The lowest BCUT2D eigenvalue weighted by Crippen LogP contribution is -2.54. The van der Waals surface area contributed by atoms with E-state index in [1.54, 1.807) is 32.1 Å². The molecule has 0 aromatic heterocycles. The average Bonchev–Trinajstić information content (AvgIpc) is 2.15. The molecular weight excluding hydrogens is 206 g/mol. The lowest BCUT2D eigenvalue weighted by molar-refractivity contribution is -0.0134. The number of hydrogen-bond acceptors (Lipinski definition) is 1. The molecule has 0 aromatic rings. The van der Waals surface area contributed by atoms with Gasteiger partial charge in [0.25, 0.3) is 0 Å². The van der Waals surface area contributed by atoms with Gasteiger partial charge in [0.05, 0.1) is 0 Å². The van der Waals surface area contributed by atoms with Crippen molar-refractivity contribution in [2.45, 2.75) is 51.5 Å². The van der Waals surface area contributed by atoms with Gasteiger partial charge in [-0.25, -0.2) is 0 Å². The minimum Gasteiger partial charge on any atom is -0.313 e. The fourth-order valence-electron chi connectivity index (χ4n) is 4.57. The molecule has 0 atom stereocenters. The van der Waals surface area contributed by atoms with Gasteiger partial charge in [-0.2, -0.15) is 0 Å². The molecule has 0 heterocycles. The summed E-state index contributed by atoms with van der Waals surface area (Å²) in [6.45, 7) is 3.52. The zero-order valence-corrected chi connectivity index (χ0v) is 10.6. The zero-order valence-electron chi connectivity index (χ0n) is 9.74. The van der Waals surface area contributed by atoms with Gasteiger partial charge in [-0.05, 0) is 68.7 Å². The fourth-order valence-corrected chi connectivity index (χ4v) is 4.57. The fraction of sp³-hybridized carbons (Fsp3) is 1.00. The van der Waals surface area contributed by atoms with Crippen LogP contribution in [0.5, 0.6) is 0 Å². The average molecular weight is 230 g/mol. The van der Waals surface area contributed by atoms with Crippen LogP contribution < -0.4 is 5.32 Å². The van der Waals surface area contributed by atoms with Crippen molar-refractivity contribution in [3.05, 3.63) is 0 Å². The second kappa shape index (κ2) is 4.63. The number of rotatable bonds is 3. The van der Waals surface area contributed by atoms with Crippen molar-refractivity contribution < 1.29 is 0 Å². The lowest BCUT2D eigenvalue weighted by Gasteiger charge is -2.54. The Balaban J connectivity index is 0.000000853. The van der Waals surface area contributed by atoms with Crippen molar-refractivity contribution in [3.63, 3.8) is 0 Å². The van der Waals surface area contributed by atoms with Crippen LogP contribution in [0.1, 0.15) is 45.4 Å². The summed E-state index contributed by atoms with van der Waals surface area (Å²) in [6.07, 6.45) is 9.07. The summed E-state index contributed by atoms with van der Waals surface area (Å²) in [5.74, 6) is 4.35. The molecule has 0 aliphatic heterocycles. The number of hydrogen-bond donors (Lipinski definition) is 1. The van der Waals surface area contributed by atoms with E-state index in [0.717, 1.165) is 29.7 Å². The summed E-state index contributed by atoms with van der Waals surface area (Å²) >= 11 is 0. The summed E-state index contributed by atoms with van der Waals surface area (Å²) < 4.78 is 0. The maximum absolute atomic E-state index is 3.81. The van der Waals surface area contributed by atoms with E-state index >= 15 is 0 Å². The summed E-state index contributed by atoms with van der Waals surface area (Å²) in [4.78, 5) is 0. The van der Waals surface area contributed by atoms with Gasteiger partial charge >= 0.3 is 0 Å². The van der Waals surface area contributed by atoms with Crippen LogP contribution in [-0.2, 0) is 0 Å². The van der Waals surface area contributed by atoms with Crippen molar-refractivity contribution >= 4 is 12.4 Å². The Kier molecular flexibility index (Phi) is 3.62. The molecule has 1 nitrogen and oxygen atoms in total. The Bertz CT molecular complexity index is 189. The first-order chi connectivity index (χ1) is 6.86. The molecule has 4 fully saturated rings. The highest BCUT2D eigenvalue weighted by atomic mass is 35.5. The molecule has 2 heteroatoms. The molecule has 0 unspecified atom stereocenters. The smallest absolute Gasteiger partial charge is 0.0124 e. The topological polar surface area (TPSA) is 12.0 Å².